The molecule has 1 saturated heterocycles. The first-order valence-electron chi connectivity index (χ1n) is 7.54. The monoisotopic (exact) mass is 431 g/mol. The molecule has 2 aliphatic heterocycles. The van der Waals surface area contributed by atoms with Crippen LogP contribution in [0.25, 0.3) is 0 Å². The number of aliphatic carboxylic acids is 1. The van der Waals surface area contributed by atoms with Gasteiger partial charge in [0.1, 0.15) is 24.2 Å². The molecule has 3 rings (SSSR count). The fourth-order valence-electron chi connectivity index (χ4n) is 2.69. The Bertz CT molecular complexity index is 899. The third-order valence-corrected chi connectivity index (χ3v) is 5.86. The van der Waals surface area contributed by atoms with Crippen LogP contribution in [0, 0.1) is 0 Å². The number of carbonyl (C=O) groups excluding carboxylic acids is 3. The molecule has 0 radical (unpaired) electrons. The summed E-state index contributed by atoms with van der Waals surface area (Å²) in [5.74, 6) is -2.38. The topological polar surface area (TPSA) is 150 Å². The fraction of sp³-hybridized carbons (Fsp3) is 0.267. The molecule has 142 valence electrons. The standard InChI is InChI=1S/C15H15N5O5S2.Na/c1-3-6-4-26-13-9(12(22)20(13)10(6)14(23)24)18-11(21)8(19-25-2)7-5-27-15(16)17-7;/h3,5,9,13H,1,4H2,2H3,(H2,16,17)(H,18,21)(H,23,24);/q;+1/p-1/b19-8-;/t9?,13-;/m1./s1. The van der Waals surface area contributed by atoms with Crippen LogP contribution in [0.3, 0.4) is 0 Å². The SMILES string of the molecule is C=CC1=C(C(=O)[O-])N2C(=O)C(NC(=O)/C(=N\OC)c3csc(N)n3)[C@H]2SC1.[Na+]. The summed E-state index contributed by atoms with van der Waals surface area (Å²) in [6.07, 6.45) is 1.38. The van der Waals surface area contributed by atoms with Crippen LogP contribution in [-0.2, 0) is 19.2 Å². The summed E-state index contributed by atoms with van der Waals surface area (Å²) in [6, 6.07) is -0.916. The molecule has 10 nitrogen and oxygen atoms in total. The van der Waals surface area contributed by atoms with Gasteiger partial charge < -0.3 is 25.8 Å². The van der Waals surface area contributed by atoms with Gasteiger partial charge in [-0.3, -0.25) is 14.5 Å². The van der Waals surface area contributed by atoms with Gasteiger partial charge in [0.25, 0.3) is 11.8 Å². The van der Waals surface area contributed by atoms with Crippen LogP contribution in [0.5, 0.6) is 0 Å². The number of carboxylic acid groups (broad SMARTS) is 1. The van der Waals surface area contributed by atoms with E-state index in [1.165, 1.54) is 30.3 Å². The Morgan fingerprint density at radius 2 is 2.29 bits per heavy atom. The molecule has 0 bridgehead atoms. The van der Waals surface area contributed by atoms with Crippen LogP contribution in [-0.4, -0.2) is 57.7 Å². The molecule has 0 spiro atoms. The van der Waals surface area contributed by atoms with Gasteiger partial charge in [-0.05, 0) is 5.57 Å². The normalized spacial score (nSPS) is 21.2. The van der Waals surface area contributed by atoms with Crippen LogP contribution >= 0.6 is 23.1 Å². The Morgan fingerprint density at radius 1 is 1.57 bits per heavy atom. The molecule has 1 unspecified atom stereocenters. The summed E-state index contributed by atoms with van der Waals surface area (Å²) >= 11 is 2.43. The van der Waals surface area contributed by atoms with Crippen LogP contribution < -0.4 is 45.7 Å². The van der Waals surface area contributed by atoms with Crippen molar-refractivity contribution in [1.82, 2.24) is 15.2 Å². The number of thioether (sulfide) groups is 1. The van der Waals surface area contributed by atoms with E-state index < -0.39 is 29.2 Å². The molecule has 0 aliphatic carbocycles. The van der Waals surface area contributed by atoms with Crippen molar-refractivity contribution in [2.24, 2.45) is 5.16 Å². The summed E-state index contributed by atoms with van der Waals surface area (Å²) < 4.78 is 0. The molecule has 3 N–H and O–H groups in total. The number of aromatic nitrogens is 1. The zero-order chi connectivity index (χ0) is 19.7. The molecular formula is C15H14N5NaO5S2. The fourth-order valence-corrected chi connectivity index (χ4v) is 4.58. The molecule has 1 aromatic heterocycles. The molecule has 0 saturated carbocycles. The first-order chi connectivity index (χ1) is 12.9. The maximum Gasteiger partial charge on any atom is 1.00 e. The molecule has 28 heavy (non-hydrogen) atoms. The number of rotatable bonds is 6. The molecule has 2 atom stereocenters. The maximum atomic E-state index is 12.6. The van der Waals surface area contributed by atoms with E-state index in [-0.39, 0.29) is 51.8 Å². The number of nitrogen functional groups attached to an aromatic ring is 1. The van der Waals surface area contributed by atoms with Gasteiger partial charge in [-0.15, -0.1) is 23.1 Å². The van der Waals surface area contributed by atoms with Crippen LogP contribution in [0.4, 0.5) is 5.13 Å². The van der Waals surface area contributed by atoms with Crippen molar-refractivity contribution < 1.29 is 53.9 Å². The van der Waals surface area contributed by atoms with Gasteiger partial charge in [0, 0.05) is 11.1 Å². The van der Waals surface area contributed by atoms with Crippen molar-refractivity contribution in [1.29, 1.82) is 0 Å². The number of hydrogen-bond acceptors (Lipinski definition) is 10. The van der Waals surface area contributed by atoms with Crippen LogP contribution in [0.1, 0.15) is 5.69 Å². The molecule has 3 heterocycles. The predicted octanol–water partition coefficient (Wildman–Crippen LogP) is -4.33. The van der Waals surface area contributed by atoms with Crippen molar-refractivity contribution in [3.05, 3.63) is 35.0 Å². The van der Waals surface area contributed by atoms with Crippen molar-refractivity contribution in [2.75, 3.05) is 18.6 Å². The molecule has 2 aliphatic rings. The van der Waals surface area contributed by atoms with Crippen molar-refractivity contribution in [2.45, 2.75) is 11.4 Å². The van der Waals surface area contributed by atoms with Crippen molar-refractivity contribution >= 4 is 51.7 Å². The summed E-state index contributed by atoms with van der Waals surface area (Å²) in [6.45, 7) is 3.56. The quantitative estimate of drug-likeness (QED) is 0.199. The smallest absolute Gasteiger partial charge is 0.543 e. The molecule has 1 fully saturated rings. The number of fused-ring (bicyclic) bond motifs is 1. The minimum Gasteiger partial charge on any atom is -0.543 e. The van der Waals surface area contributed by atoms with Gasteiger partial charge in [-0.25, -0.2) is 4.98 Å². The Labute approximate surface area is 190 Å². The minimum atomic E-state index is -1.46. The largest absolute Gasteiger partial charge is 1.00 e. The van der Waals surface area contributed by atoms with Crippen LogP contribution in [0.15, 0.2) is 34.5 Å². The van der Waals surface area contributed by atoms with E-state index in [0.717, 1.165) is 16.2 Å². The number of carboxylic acids is 1. The van der Waals surface area contributed by atoms with E-state index in [2.05, 4.69) is 26.9 Å². The third-order valence-electron chi connectivity index (χ3n) is 3.89. The molecule has 1 aromatic rings. The third kappa shape index (κ3) is 3.96. The molecule has 2 amide bonds. The van der Waals surface area contributed by atoms with Gasteiger partial charge >= 0.3 is 29.6 Å². The number of allylic oxidation sites excluding steroid dienone is 1. The van der Waals surface area contributed by atoms with E-state index in [1.54, 1.807) is 0 Å². The van der Waals surface area contributed by atoms with Crippen molar-refractivity contribution in [3.8, 4) is 0 Å². The second-order valence-corrected chi connectivity index (χ2v) is 7.41. The number of carbonyl (C=O) groups is 3. The Kier molecular flexibility index (Phi) is 7.28. The number of oxime groups is 1. The average molecular weight is 431 g/mol. The Balaban J connectivity index is 0.00000280. The van der Waals surface area contributed by atoms with E-state index in [0.29, 0.717) is 11.3 Å². The number of amides is 2. The summed E-state index contributed by atoms with van der Waals surface area (Å²) in [7, 11) is 1.27. The predicted molar refractivity (Wildman–Crippen MR) is 97.3 cm³/mol. The second kappa shape index (κ2) is 9.09. The van der Waals surface area contributed by atoms with E-state index in [1.807, 2.05) is 0 Å². The number of nitrogens with two attached hydrogens (primary N) is 1. The zero-order valence-electron chi connectivity index (χ0n) is 15.0. The number of nitrogens with one attached hydrogen (secondary N) is 1. The Hall–Kier alpha value is -1.86. The van der Waals surface area contributed by atoms with E-state index in [9.17, 15) is 19.5 Å². The van der Waals surface area contributed by atoms with Crippen molar-refractivity contribution in [3.63, 3.8) is 0 Å². The van der Waals surface area contributed by atoms with Gasteiger partial charge in [-0.1, -0.05) is 17.8 Å². The summed E-state index contributed by atoms with van der Waals surface area (Å²) in [5, 5.41) is 18.8. The van der Waals surface area contributed by atoms with E-state index >= 15 is 0 Å². The molecule has 13 heteroatoms. The number of thiazole rings is 1. The second-order valence-electron chi connectivity index (χ2n) is 5.42. The van der Waals surface area contributed by atoms with Gasteiger partial charge in [0.2, 0.25) is 0 Å². The van der Waals surface area contributed by atoms with Gasteiger partial charge in [-0.2, -0.15) is 0 Å². The summed E-state index contributed by atoms with van der Waals surface area (Å²) in [4.78, 5) is 46.2. The average Bonchev–Trinajstić information content (AvgIpc) is 3.08. The van der Waals surface area contributed by atoms with E-state index in [4.69, 9.17) is 5.73 Å². The number of nitrogens with zero attached hydrogens (tertiary/aromatic N) is 3. The molecular weight excluding hydrogens is 417 g/mol. The number of anilines is 1. The number of β-lactam (4-membered cyclic amide) rings is 1. The molecule has 0 aromatic carbocycles. The van der Waals surface area contributed by atoms with Gasteiger partial charge in [0.15, 0.2) is 10.8 Å². The number of hydrogen-bond donors (Lipinski definition) is 2. The Morgan fingerprint density at radius 3 is 2.82 bits per heavy atom. The first-order valence-corrected chi connectivity index (χ1v) is 9.46. The summed E-state index contributed by atoms with van der Waals surface area (Å²) in [5.41, 5.74) is 5.82. The zero-order valence-corrected chi connectivity index (χ0v) is 18.6. The van der Waals surface area contributed by atoms with Gasteiger partial charge in [0.05, 0.1) is 11.7 Å². The maximum absolute atomic E-state index is 12.6. The first kappa shape index (κ1) is 22.4. The minimum absolute atomic E-state index is 0. The van der Waals surface area contributed by atoms with Crippen LogP contribution in [0.2, 0.25) is 0 Å².